The van der Waals surface area contributed by atoms with E-state index in [1.165, 1.54) is 0 Å². The first-order chi connectivity index (χ1) is 8.74. The van der Waals surface area contributed by atoms with Crippen molar-refractivity contribution in [2.45, 2.75) is 0 Å². The molecule has 0 saturated heterocycles. The normalized spacial score (nSPS) is 15.6. The van der Waals surface area contributed by atoms with Crippen molar-refractivity contribution in [2.24, 2.45) is 0 Å². The number of rotatable bonds is 1. The number of hydrogen-bond acceptors (Lipinski definition) is 1. The smallest absolute Gasteiger partial charge is 0.256 e. The summed E-state index contributed by atoms with van der Waals surface area (Å²) in [5.41, 5.74) is 3.55. The first-order valence-corrected chi connectivity index (χ1v) is 6.41. The summed E-state index contributed by atoms with van der Waals surface area (Å²) in [4.78, 5) is 12.0. The average molecular weight is 300 g/mol. The van der Waals surface area contributed by atoms with Crippen molar-refractivity contribution in [1.29, 1.82) is 0 Å². The van der Waals surface area contributed by atoms with Crippen LogP contribution in [0.15, 0.2) is 53.0 Å². The second-order valence-electron chi connectivity index (χ2n) is 4.11. The molecule has 1 amide bonds. The molecule has 88 valence electrons. The molecule has 0 unspecified atom stereocenters. The molecular formula is C15H10BrNO. The predicted octanol–water partition coefficient (Wildman–Crippen LogP) is 3.94. The maximum absolute atomic E-state index is 12.0. The Kier molecular flexibility index (Phi) is 2.76. The van der Waals surface area contributed by atoms with Crippen LogP contribution in [0, 0.1) is 0 Å². The third-order valence-corrected chi connectivity index (χ3v) is 3.37. The van der Waals surface area contributed by atoms with Crippen molar-refractivity contribution in [1.82, 2.24) is 0 Å². The van der Waals surface area contributed by atoms with Crippen molar-refractivity contribution in [2.75, 3.05) is 5.32 Å². The molecule has 2 aromatic carbocycles. The van der Waals surface area contributed by atoms with Crippen LogP contribution >= 0.6 is 15.9 Å². The summed E-state index contributed by atoms with van der Waals surface area (Å²) in [6, 6.07) is 15.7. The molecule has 3 heteroatoms. The fourth-order valence-electron chi connectivity index (χ4n) is 2.03. The van der Waals surface area contributed by atoms with E-state index < -0.39 is 0 Å². The van der Waals surface area contributed by atoms with E-state index in [4.69, 9.17) is 0 Å². The van der Waals surface area contributed by atoms with Gasteiger partial charge in [0.1, 0.15) is 0 Å². The Labute approximate surface area is 113 Å². The van der Waals surface area contributed by atoms with Gasteiger partial charge in [-0.05, 0) is 23.8 Å². The van der Waals surface area contributed by atoms with Gasteiger partial charge in [0.15, 0.2) is 0 Å². The topological polar surface area (TPSA) is 29.1 Å². The SMILES string of the molecule is O=C1Nc2cc(Br)ccc2C1=Cc1ccccc1. The zero-order valence-corrected chi connectivity index (χ0v) is 11.1. The first kappa shape index (κ1) is 11.2. The molecule has 0 atom stereocenters. The number of benzene rings is 2. The first-order valence-electron chi connectivity index (χ1n) is 5.62. The van der Waals surface area contributed by atoms with E-state index in [0.29, 0.717) is 5.57 Å². The van der Waals surface area contributed by atoms with E-state index >= 15 is 0 Å². The lowest BCUT2D eigenvalue weighted by Gasteiger charge is -1.99. The van der Waals surface area contributed by atoms with Gasteiger partial charge in [0, 0.05) is 15.6 Å². The highest BCUT2D eigenvalue weighted by atomic mass is 79.9. The summed E-state index contributed by atoms with van der Waals surface area (Å²) < 4.78 is 0.961. The molecule has 2 nitrogen and oxygen atoms in total. The highest BCUT2D eigenvalue weighted by molar-refractivity contribution is 9.10. The van der Waals surface area contributed by atoms with E-state index in [-0.39, 0.29) is 5.91 Å². The number of nitrogens with one attached hydrogen (secondary N) is 1. The van der Waals surface area contributed by atoms with Crippen LogP contribution in [0.2, 0.25) is 0 Å². The lowest BCUT2D eigenvalue weighted by Crippen LogP contribution is -2.03. The van der Waals surface area contributed by atoms with Crippen LogP contribution in [0.1, 0.15) is 11.1 Å². The maximum atomic E-state index is 12.0. The van der Waals surface area contributed by atoms with Gasteiger partial charge in [-0.3, -0.25) is 4.79 Å². The molecule has 0 spiro atoms. The molecule has 1 N–H and O–H groups in total. The summed E-state index contributed by atoms with van der Waals surface area (Å²) in [6.07, 6.45) is 1.91. The Morgan fingerprint density at radius 2 is 1.83 bits per heavy atom. The summed E-state index contributed by atoms with van der Waals surface area (Å²) in [5, 5.41) is 2.87. The second kappa shape index (κ2) is 4.42. The molecule has 0 radical (unpaired) electrons. The molecule has 0 aliphatic carbocycles. The van der Waals surface area contributed by atoms with Crippen LogP contribution in [0.25, 0.3) is 11.6 Å². The molecule has 18 heavy (non-hydrogen) atoms. The molecular weight excluding hydrogens is 290 g/mol. The number of carbonyl (C=O) groups excluding carboxylic acids is 1. The van der Waals surface area contributed by atoms with Gasteiger partial charge in [-0.15, -0.1) is 0 Å². The Bertz CT molecular complexity index is 647. The van der Waals surface area contributed by atoms with Crippen molar-refractivity contribution in [3.63, 3.8) is 0 Å². The van der Waals surface area contributed by atoms with E-state index in [1.807, 2.05) is 54.6 Å². The number of hydrogen-bond donors (Lipinski definition) is 1. The van der Waals surface area contributed by atoms with E-state index in [2.05, 4.69) is 21.2 Å². The number of anilines is 1. The second-order valence-corrected chi connectivity index (χ2v) is 5.03. The Morgan fingerprint density at radius 1 is 1.06 bits per heavy atom. The molecule has 1 aliphatic heterocycles. The Morgan fingerprint density at radius 3 is 2.61 bits per heavy atom. The molecule has 1 aliphatic rings. The van der Waals surface area contributed by atoms with Gasteiger partial charge < -0.3 is 5.32 Å². The Balaban J connectivity index is 2.10. The summed E-state index contributed by atoms with van der Waals surface area (Å²) in [6.45, 7) is 0. The van der Waals surface area contributed by atoms with Crippen molar-refractivity contribution < 1.29 is 4.79 Å². The monoisotopic (exact) mass is 299 g/mol. The summed E-state index contributed by atoms with van der Waals surface area (Å²) >= 11 is 3.40. The van der Waals surface area contributed by atoms with Gasteiger partial charge >= 0.3 is 0 Å². The lowest BCUT2D eigenvalue weighted by atomic mass is 10.0. The zero-order valence-electron chi connectivity index (χ0n) is 9.48. The third-order valence-electron chi connectivity index (χ3n) is 2.88. The van der Waals surface area contributed by atoms with Gasteiger partial charge in [0.2, 0.25) is 0 Å². The predicted molar refractivity (Wildman–Crippen MR) is 77.1 cm³/mol. The minimum absolute atomic E-state index is 0.0491. The quantitative estimate of drug-likeness (QED) is 0.794. The van der Waals surface area contributed by atoms with E-state index in [0.717, 1.165) is 21.3 Å². The zero-order chi connectivity index (χ0) is 12.5. The lowest BCUT2D eigenvalue weighted by molar-refractivity contribution is -0.110. The molecule has 0 bridgehead atoms. The minimum Gasteiger partial charge on any atom is -0.321 e. The Hall–Kier alpha value is -1.87. The molecule has 2 aromatic rings. The summed E-state index contributed by atoms with van der Waals surface area (Å²) in [5.74, 6) is -0.0491. The van der Waals surface area contributed by atoms with Crippen LogP contribution in [-0.4, -0.2) is 5.91 Å². The number of amides is 1. The van der Waals surface area contributed by atoms with Gasteiger partial charge in [0.05, 0.1) is 5.69 Å². The van der Waals surface area contributed by atoms with Crippen molar-refractivity contribution >= 4 is 39.2 Å². The van der Waals surface area contributed by atoms with Gasteiger partial charge in [-0.25, -0.2) is 0 Å². The minimum atomic E-state index is -0.0491. The van der Waals surface area contributed by atoms with Crippen LogP contribution in [0.3, 0.4) is 0 Å². The van der Waals surface area contributed by atoms with Gasteiger partial charge in [-0.2, -0.15) is 0 Å². The van der Waals surface area contributed by atoms with E-state index in [9.17, 15) is 4.79 Å². The van der Waals surface area contributed by atoms with Crippen LogP contribution in [-0.2, 0) is 4.79 Å². The van der Waals surface area contributed by atoms with Crippen molar-refractivity contribution in [3.05, 3.63) is 64.1 Å². The fourth-order valence-corrected chi connectivity index (χ4v) is 2.39. The highest BCUT2D eigenvalue weighted by Gasteiger charge is 2.23. The molecule has 0 aromatic heterocycles. The number of fused-ring (bicyclic) bond motifs is 1. The largest absolute Gasteiger partial charge is 0.321 e. The standard InChI is InChI=1S/C15H10BrNO/c16-11-6-7-12-13(15(18)17-14(12)9-11)8-10-4-2-1-3-5-10/h1-9H,(H,17,18). The van der Waals surface area contributed by atoms with Crippen LogP contribution in [0.5, 0.6) is 0 Å². The molecule has 1 heterocycles. The average Bonchev–Trinajstić information content (AvgIpc) is 2.66. The fraction of sp³-hybridized carbons (Fsp3) is 0. The third kappa shape index (κ3) is 1.97. The number of carbonyl (C=O) groups is 1. The molecule has 0 saturated carbocycles. The van der Waals surface area contributed by atoms with Crippen LogP contribution < -0.4 is 5.32 Å². The molecule has 3 rings (SSSR count). The summed E-state index contributed by atoms with van der Waals surface area (Å²) in [7, 11) is 0. The van der Waals surface area contributed by atoms with Crippen LogP contribution in [0.4, 0.5) is 5.69 Å². The molecule has 0 fully saturated rings. The van der Waals surface area contributed by atoms with Gasteiger partial charge in [0.25, 0.3) is 5.91 Å². The van der Waals surface area contributed by atoms with Crippen molar-refractivity contribution in [3.8, 4) is 0 Å². The van der Waals surface area contributed by atoms with E-state index in [1.54, 1.807) is 0 Å². The number of halogens is 1. The maximum Gasteiger partial charge on any atom is 0.256 e. The highest BCUT2D eigenvalue weighted by Crippen LogP contribution is 2.34. The van der Waals surface area contributed by atoms with Gasteiger partial charge in [-0.1, -0.05) is 52.3 Å².